The van der Waals surface area contributed by atoms with Gasteiger partial charge in [-0.2, -0.15) is 21.7 Å². The fourth-order valence-corrected chi connectivity index (χ4v) is 23.3. The zero-order chi connectivity index (χ0) is 29.3. The summed E-state index contributed by atoms with van der Waals surface area (Å²) in [6.07, 6.45) is 11.3. The number of hydrogen-bond acceptors (Lipinski definition) is 14. The van der Waals surface area contributed by atoms with Crippen molar-refractivity contribution in [2.75, 3.05) is 54.2 Å². The van der Waals surface area contributed by atoms with E-state index in [4.69, 9.17) is 45.2 Å². The topological polar surface area (TPSA) is 111 Å². The highest BCUT2D eigenvalue weighted by atomic mass is 32.2. The predicted molar refractivity (Wildman–Crippen MR) is 173 cm³/mol. The van der Waals surface area contributed by atoms with Crippen LogP contribution in [0.4, 0.5) is 0 Å². The molecular formula is C22H50N6O6P4S2. The maximum Gasteiger partial charge on any atom is 0.347 e. The average molecular weight is 683 g/mol. The van der Waals surface area contributed by atoms with Gasteiger partial charge in [-0.25, -0.2) is 0 Å². The monoisotopic (exact) mass is 682 g/mol. The van der Waals surface area contributed by atoms with Crippen molar-refractivity contribution < 1.29 is 27.1 Å². The third kappa shape index (κ3) is 7.92. The van der Waals surface area contributed by atoms with Crippen molar-refractivity contribution in [2.24, 2.45) is 18.1 Å². The Morgan fingerprint density at radius 1 is 0.525 bits per heavy atom. The first kappa shape index (κ1) is 35.8. The lowest BCUT2D eigenvalue weighted by Crippen LogP contribution is -2.31. The van der Waals surface area contributed by atoms with Crippen molar-refractivity contribution >= 4 is 54.4 Å². The van der Waals surface area contributed by atoms with E-state index in [0.29, 0.717) is 0 Å². The molecular weight excluding hydrogens is 632 g/mol. The Morgan fingerprint density at radius 2 is 0.900 bits per heavy atom. The van der Waals surface area contributed by atoms with Crippen LogP contribution < -0.4 is 0 Å². The molecule has 40 heavy (non-hydrogen) atoms. The van der Waals surface area contributed by atoms with E-state index in [1.165, 1.54) is 12.8 Å². The van der Waals surface area contributed by atoms with E-state index in [9.17, 15) is 0 Å². The van der Waals surface area contributed by atoms with Crippen LogP contribution in [0.25, 0.3) is 0 Å². The van der Waals surface area contributed by atoms with Crippen LogP contribution in [0.3, 0.4) is 0 Å². The highest BCUT2D eigenvalue weighted by Crippen LogP contribution is 2.82. The molecule has 0 N–H and O–H groups in total. The van der Waals surface area contributed by atoms with E-state index in [2.05, 4.69) is 22.0 Å². The third-order valence-electron chi connectivity index (χ3n) is 7.17. The molecule has 236 valence electrons. The van der Waals surface area contributed by atoms with Crippen LogP contribution in [-0.4, -0.2) is 74.4 Å². The molecule has 2 atom stereocenters. The Morgan fingerprint density at radius 3 is 1.25 bits per heavy atom. The Kier molecular flexibility index (Phi) is 14.8. The summed E-state index contributed by atoms with van der Waals surface area (Å²) in [5, 5.41) is 0. The molecule has 1 aliphatic heterocycles. The normalized spacial score (nSPS) is 29.6. The van der Waals surface area contributed by atoms with Crippen molar-refractivity contribution in [1.29, 1.82) is 0 Å². The molecule has 0 spiro atoms. The van der Waals surface area contributed by atoms with Gasteiger partial charge in [-0.1, -0.05) is 76.3 Å². The van der Waals surface area contributed by atoms with Crippen LogP contribution >= 0.6 is 54.4 Å². The molecule has 12 nitrogen and oxygen atoms in total. The van der Waals surface area contributed by atoms with E-state index in [1.54, 1.807) is 66.6 Å². The first-order chi connectivity index (χ1) is 19.3. The second-order valence-corrected chi connectivity index (χ2v) is 22.4. The van der Waals surface area contributed by atoms with Crippen LogP contribution in [0.5, 0.6) is 0 Å². The molecule has 18 heteroatoms. The maximum atomic E-state index is 6.52. The highest BCUT2D eigenvalue weighted by Gasteiger charge is 2.48. The summed E-state index contributed by atoms with van der Waals surface area (Å²) >= 11 is 3.42. The van der Waals surface area contributed by atoms with Gasteiger partial charge in [-0.3, -0.25) is 0 Å². The smallest absolute Gasteiger partial charge is 0.318 e. The Hall–Kier alpha value is 1.30. The lowest BCUT2D eigenvalue weighted by atomic mass is 9.96. The van der Waals surface area contributed by atoms with Gasteiger partial charge >= 0.3 is 15.3 Å². The molecule has 2 unspecified atom stereocenters. The van der Waals surface area contributed by atoms with Crippen molar-refractivity contribution in [3.8, 4) is 0 Å². The summed E-state index contributed by atoms with van der Waals surface area (Å²) in [7, 11) is -3.47. The largest absolute Gasteiger partial charge is 0.347 e. The van der Waals surface area contributed by atoms with E-state index in [1.807, 2.05) is 0 Å². The van der Waals surface area contributed by atoms with Gasteiger partial charge in [0.2, 0.25) is 0 Å². The minimum Gasteiger partial charge on any atom is -0.318 e. The Balaban J connectivity index is 2.49. The molecule has 2 fully saturated rings. The molecule has 0 aromatic rings. The minimum absolute atomic E-state index is 0.236. The average Bonchev–Trinajstić information content (AvgIpc) is 3.01. The van der Waals surface area contributed by atoms with E-state index in [0.717, 1.165) is 62.9 Å². The summed E-state index contributed by atoms with van der Waals surface area (Å²) in [5.74, 6) is 1.68. The first-order valence-electron chi connectivity index (χ1n) is 14.1. The highest BCUT2D eigenvalue weighted by molar-refractivity contribution is 8.04. The first-order valence-corrected chi connectivity index (χ1v) is 22.1. The van der Waals surface area contributed by atoms with Crippen LogP contribution in [0.2, 0.25) is 0 Å². The Bertz CT molecular complexity index is 978. The molecule has 2 aliphatic carbocycles. The summed E-state index contributed by atoms with van der Waals surface area (Å²) in [5.41, 5.74) is 0. The summed E-state index contributed by atoms with van der Waals surface area (Å²) < 4.78 is 62.9. The third-order valence-corrected chi connectivity index (χ3v) is 22.7. The molecule has 0 amide bonds. The zero-order valence-corrected chi connectivity index (χ0v) is 30.6. The van der Waals surface area contributed by atoms with E-state index < -0.39 is 30.5 Å². The fourth-order valence-electron chi connectivity index (χ4n) is 5.22. The van der Waals surface area contributed by atoms with Crippen molar-refractivity contribution in [3.63, 3.8) is 0 Å². The standard InChI is InChI=1S/C22H50N6O6P4S2/c1-9-39-27(21-17-13-11-14-18-21)35(29-3)23-36(30-4,28(40-10-2)22-19-15-12-16-20-22)25-38(33-7,34-8)26-37(24-35,31-5)32-6/h21-22H,9-20H2,1-8H3. The summed E-state index contributed by atoms with van der Waals surface area (Å²) in [6.45, 7) is 4.29. The summed E-state index contributed by atoms with van der Waals surface area (Å²) in [6, 6.07) is 0.472. The van der Waals surface area contributed by atoms with Gasteiger partial charge in [0.15, 0.2) is 0 Å². The van der Waals surface area contributed by atoms with E-state index >= 15 is 0 Å². The molecule has 1 heterocycles. The lowest BCUT2D eigenvalue weighted by molar-refractivity contribution is 0.305. The molecule has 0 aromatic carbocycles. The molecule has 3 rings (SSSR count). The predicted octanol–water partition coefficient (Wildman–Crippen LogP) is 10.3. The van der Waals surface area contributed by atoms with Gasteiger partial charge < -0.3 is 27.1 Å². The quantitative estimate of drug-likeness (QED) is 0.130. The molecule has 0 aromatic heterocycles. The number of rotatable bonds is 14. The van der Waals surface area contributed by atoms with Gasteiger partial charge in [-0.05, 0) is 25.7 Å². The van der Waals surface area contributed by atoms with Gasteiger partial charge in [0, 0.05) is 66.2 Å². The maximum absolute atomic E-state index is 6.52. The Labute approximate surface area is 251 Å². The van der Waals surface area contributed by atoms with Gasteiger partial charge in [0.1, 0.15) is 0 Å². The molecule has 0 saturated heterocycles. The zero-order valence-electron chi connectivity index (χ0n) is 25.4. The van der Waals surface area contributed by atoms with Gasteiger partial charge in [0.05, 0.1) is 0 Å². The molecule has 2 saturated carbocycles. The van der Waals surface area contributed by atoms with Crippen LogP contribution in [0.15, 0.2) is 18.1 Å². The van der Waals surface area contributed by atoms with Gasteiger partial charge in [-0.15, -0.1) is 4.52 Å². The minimum atomic E-state index is -3.32. The summed E-state index contributed by atoms with van der Waals surface area (Å²) in [4.78, 5) is 0. The van der Waals surface area contributed by atoms with Crippen molar-refractivity contribution in [2.45, 2.75) is 90.1 Å². The van der Waals surface area contributed by atoms with Crippen LogP contribution in [-0.2, 0) is 27.1 Å². The number of nitrogens with zero attached hydrogens (tertiary/aromatic N) is 6. The van der Waals surface area contributed by atoms with E-state index in [-0.39, 0.29) is 12.1 Å². The van der Waals surface area contributed by atoms with Gasteiger partial charge in [0.25, 0.3) is 15.2 Å². The second-order valence-electron chi connectivity index (χ2n) is 9.49. The fraction of sp³-hybridized carbons (Fsp3) is 1.00. The molecule has 0 bridgehead atoms. The molecule has 3 aliphatic rings. The van der Waals surface area contributed by atoms with Crippen molar-refractivity contribution in [1.82, 2.24) is 8.15 Å². The number of hydrogen-bond donors (Lipinski definition) is 0. The SMILES string of the molecule is CCSN(C1CCCCC1)P1(OC)=NP(OC)(OC)=NP(OC)(OC)=NP(OC)(N(SCC)C2CCCCC2)=N1. The molecule has 0 radical (unpaired) electrons. The van der Waals surface area contributed by atoms with Crippen molar-refractivity contribution in [3.05, 3.63) is 0 Å². The van der Waals surface area contributed by atoms with Crippen LogP contribution in [0.1, 0.15) is 78.1 Å². The second kappa shape index (κ2) is 16.6. The van der Waals surface area contributed by atoms with Crippen LogP contribution in [0, 0.1) is 0 Å². The lowest BCUT2D eigenvalue weighted by Gasteiger charge is -2.43.